The fraction of sp³-hybridized carbons (Fsp3) is 0.882. The van der Waals surface area contributed by atoms with Gasteiger partial charge in [-0.25, -0.2) is 0 Å². The molecule has 0 aliphatic rings. The van der Waals surface area contributed by atoms with Gasteiger partial charge in [-0.05, 0) is 25.7 Å². The Hall–Kier alpha value is -1.21. The molecular weight excluding hydrogens is 467 g/mol. The van der Waals surface area contributed by atoms with E-state index in [9.17, 15) is 57.1 Å². The van der Waals surface area contributed by atoms with Gasteiger partial charge in [0.15, 0.2) is 0 Å². The summed E-state index contributed by atoms with van der Waals surface area (Å²) < 4.78 is 173. The van der Waals surface area contributed by atoms with Crippen molar-refractivity contribution in [3.8, 4) is 0 Å². The summed E-state index contributed by atoms with van der Waals surface area (Å²) in [6.07, 6.45) is -5.51. The summed E-state index contributed by atoms with van der Waals surface area (Å²) in [5.41, 5.74) is 0. The normalized spacial score (nSPS) is 14.7. The number of unbranched alkanes of at least 4 members (excludes halogenated alkanes) is 4. The molecule has 0 aromatic rings. The van der Waals surface area contributed by atoms with Crippen molar-refractivity contribution >= 4 is 0 Å². The summed E-state index contributed by atoms with van der Waals surface area (Å²) in [4.78, 5) is 0. The minimum Gasteiger partial charge on any atom is -0.381 e. The molecule has 0 aromatic heterocycles. The predicted molar refractivity (Wildman–Crippen MR) is 84.1 cm³/mol. The third kappa shape index (κ3) is 6.41. The molecule has 0 radical (unpaired) electrons. The van der Waals surface area contributed by atoms with Crippen LogP contribution in [0.15, 0.2) is 12.7 Å². The van der Waals surface area contributed by atoms with Crippen LogP contribution in [0.1, 0.15) is 44.9 Å². The van der Waals surface area contributed by atoms with Gasteiger partial charge in [0.05, 0.1) is 0 Å². The largest absolute Gasteiger partial charge is 0.460 e. The van der Waals surface area contributed by atoms with Gasteiger partial charge in [-0.2, -0.15) is 57.1 Å². The molecule has 0 bridgehead atoms. The van der Waals surface area contributed by atoms with Gasteiger partial charge < -0.3 is 4.74 Å². The molecule has 14 heteroatoms. The molecule has 0 fully saturated rings. The Balaban J connectivity index is 4.97. The number of halogens is 13. The first-order valence-corrected chi connectivity index (χ1v) is 8.95. The molecule has 0 aromatic carbocycles. The van der Waals surface area contributed by atoms with E-state index >= 15 is 0 Å². The van der Waals surface area contributed by atoms with Gasteiger partial charge in [0.1, 0.15) is 0 Å². The Labute approximate surface area is 169 Å². The summed E-state index contributed by atoms with van der Waals surface area (Å²) in [7, 11) is 0. The van der Waals surface area contributed by atoms with Crippen LogP contribution in [-0.2, 0) is 4.74 Å². The Kier molecular flexibility index (Phi) is 10.2. The van der Waals surface area contributed by atoms with E-state index in [1.165, 1.54) is 0 Å². The van der Waals surface area contributed by atoms with E-state index in [-0.39, 0.29) is 6.61 Å². The highest BCUT2D eigenvalue weighted by Crippen LogP contribution is 2.60. The zero-order valence-electron chi connectivity index (χ0n) is 16.0. The lowest BCUT2D eigenvalue weighted by molar-refractivity contribution is -0.440. The number of hydrogen-bond donors (Lipinski definition) is 0. The van der Waals surface area contributed by atoms with Gasteiger partial charge in [-0.1, -0.05) is 18.9 Å². The van der Waals surface area contributed by atoms with Crippen LogP contribution in [0.2, 0.25) is 0 Å². The highest BCUT2D eigenvalue weighted by atomic mass is 19.4. The second-order valence-corrected chi connectivity index (χ2v) is 6.71. The Morgan fingerprint density at radius 1 is 0.548 bits per heavy atom. The molecule has 0 amide bonds. The van der Waals surface area contributed by atoms with Crippen LogP contribution in [-0.4, -0.2) is 49.0 Å². The summed E-state index contributed by atoms with van der Waals surface area (Å²) in [6.45, 7) is 2.81. The number of ether oxygens (including phenoxy) is 1. The van der Waals surface area contributed by atoms with Crippen molar-refractivity contribution in [3.63, 3.8) is 0 Å². The van der Waals surface area contributed by atoms with Crippen LogP contribution in [0.5, 0.6) is 0 Å². The highest BCUT2D eigenvalue weighted by Gasteiger charge is 2.90. The Morgan fingerprint density at radius 3 is 1.48 bits per heavy atom. The lowest BCUT2D eigenvalue weighted by Crippen LogP contribution is -2.70. The summed E-state index contributed by atoms with van der Waals surface area (Å²) >= 11 is 0. The van der Waals surface area contributed by atoms with Crippen LogP contribution in [0, 0.1) is 0 Å². The molecule has 1 nitrogen and oxygen atoms in total. The van der Waals surface area contributed by atoms with Crippen LogP contribution < -0.4 is 0 Å². The summed E-state index contributed by atoms with van der Waals surface area (Å²) in [5, 5.41) is 0. The fourth-order valence-electron chi connectivity index (χ4n) is 2.30. The lowest BCUT2D eigenvalue weighted by atomic mass is 9.92. The van der Waals surface area contributed by atoms with Crippen molar-refractivity contribution in [2.45, 2.75) is 80.7 Å². The van der Waals surface area contributed by atoms with Crippen molar-refractivity contribution in [2.75, 3.05) is 13.2 Å². The van der Waals surface area contributed by atoms with Crippen LogP contribution >= 0.6 is 0 Å². The first kappa shape index (κ1) is 29.8. The molecule has 0 aliphatic carbocycles. The molecule has 0 saturated heterocycles. The van der Waals surface area contributed by atoms with E-state index in [0.29, 0.717) is 12.8 Å². The van der Waals surface area contributed by atoms with Crippen LogP contribution in [0.3, 0.4) is 0 Å². The molecule has 186 valence electrons. The van der Waals surface area contributed by atoms with Gasteiger partial charge in [-0.15, -0.1) is 6.58 Å². The zero-order valence-corrected chi connectivity index (χ0v) is 16.0. The molecule has 0 saturated carbocycles. The smallest absolute Gasteiger partial charge is 0.381 e. The van der Waals surface area contributed by atoms with E-state index in [4.69, 9.17) is 4.74 Å². The molecule has 0 unspecified atom stereocenters. The van der Waals surface area contributed by atoms with Crippen molar-refractivity contribution in [2.24, 2.45) is 0 Å². The number of alkyl halides is 13. The highest BCUT2D eigenvalue weighted by molar-refractivity contribution is 5.10. The van der Waals surface area contributed by atoms with Gasteiger partial charge in [0.2, 0.25) is 0 Å². The predicted octanol–water partition coefficient (Wildman–Crippen LogP) is 7.66. The third-order valence-electron chi connectivity index (χ3n) is 4.22. The van der Waals surface area contributed by atoms with Gasteiger partial charge in [-0.3, -0.25) is 0 Å². The fourth-order valence-corrected chi connectivity index (χ4v) is 2.30. The maximum atomic E-state index is 13.5. The first-order chi connectivity index (χ1) is 13.8. The molecule has 0 rings (SSSR count). The number of rotatable bonds is 15. The molecule has 31 heavy (non-hydrogen) atoms. The molecule has 0 spiro atoms. The summed E-state index contributed by atoms with van der Waals surface area (Å²) in [5.74, 6) is -36.5. The van der Waals surface area contributed by atoms with E-state index < -0.39 is 55.2 Å². The first-order valence-electron chi connectivity index (χ1n) is 8.95. The minimum atomic E-state index is -7.85. The van der Waals surface area contributed by atoms with E-state index in [0.717, 1.165) is 19.3 Å². The maximum absolute atomic E-state index is 13.5. The van der Waals surface area contributed by atoms with E-state index in [2.05, 4.69) is 6.58 Å². The molecule has 0 aliphatic heterocycles. The van der Waals surface area contributed by atoms with Crippen LogP contribution in [0.25, 0.3) is 0 Å². The minimum absolute atomic E-state index is 0.0118. The van der Waals surface area contributed by atoms with Crippen molar-refractivity contribution in [1.82, 2.24) is 0 Å². The Morgan fingerprint density at radius 2 is 1.00 bits per heavy atom. The van der Waals surface area contributed by atoms with Gasteiger partial charge in [0.25, 0.3) is 0 Å². The van der Waals surface area contributed by atoms with E-state index in [1.54, 1.807) is 6.08 Å². The van der Waals surface area contributed by atoms with Crippen molar-refractivity contribution in [3.05, 3.63) is 12.7 Å². The van der Waals surface area contributed by atoms with E-state index in [1.807, 2.05) is 0 Å². The third-order valence-corrected chi connectivity index (χ3v) is 4.22. The SMILES string of the molecule is C=CCCCCCCOCCCC(F)(F)C(F)(F)C(F)(F)C(F)(F)C(F)(F)C(F)(F)F. The second kappa shape index (κ2) is 10.6. The topological polar surface area (TPSA) is 9.23 Å². The van der Waals surface area contributed by atoms with Gasteiger partial charge in [0, 0.05) is 19.6 Å². The molecule has 0 N–H and O–H groups in total. The molecule has 0 heterocycles. The maximum Gasteiger partial charge on any atom is 0.460 e. The second-order valence-electron chi connectivity index (χ2n) is 6.71. The quantitative estimate of drug-likeness (QED) is 0.131. The standard InChI is InChI=1S/C17H21F13O/c1-2-3-4-5-6-7-10-31-11-8-9-12(18,19)13(20,21)14(22,23)15(24,25)16(26,27)17(28,29)30/h2H,1,3-11H2. The average molecular weight is 488 g/mol. The van der Waals surface area contributed by atoms with Crippen molar-refractivity contribution < 1.29 is 61.8 Å². The number of allylic oxidation sites excluding steroid dienone is 1. The Bertz CT molecular complexity index is 555. The molecule has 0 atom stereocenters. The van der Waals surface area contributed by atoms with Crippen molar-refractivity contribution in [1.29, 1.82) is 0 Å². The zero-order chi connectivity index (χ0) is 24.8. The summed E-state index contributed by atoms with van der Waals surface area (Å²) in [6, 6.07) is 0. The van der Waals surface area contributed by atoms with Gasteiger partial charge >= 0.3 is 35.8 Å². The lowest BCUT2D eigenvalue weighted by Gasteiger charge is -2.39. The van der Waals surface area contributed by atoms with Crippen LogP contribution in [0.4, 0.5) is 57.1 Å². The monoisotopic (exact) mass is 488 g/mol. The molecular formula is C17H21F13O. The average Bonchev–Trinajstić information content (AvgIpc) is 2.61. The number of hydrogen-bond acceptors (Lipinski definition) is 1.